The molecule has 1 fully saturated rings. The van der Waals surface area contributed by atoms with Gasteiger partial charge in [0, 0.05) is 38.6 Å². The van der Waals surface area contributed by atoms with Crippen molar-refractivity contribution < 1.29 is 8.42 Å². The summed E-state index contributed by atoms with van der Waals surface area (Å²) >= 11 is 6.95. The van der Waals surface area contributed by atoms with Crippen molar-refractivity contribution in [2.24, 2.45) is 0 Å². The Labute approximate surface area is 166 Å². The average molecular weight is 423 g/mol. The average Bonchev–Trinajstić information content (AvgIpc) is 3.33. The number of nitrogens with zero attached hydrogens (tertiary/aromatic N) is 5. The van der Waals surface area contributed by atoms with E-state index in [1.54, 1.807) is 29.7 Å². The largest absolute Gasteiger partial charge is 0.282 e. The molecule has 0 spiro atoms. The number of hydrogen-bond donors (Lipinski definition) is 1. The number of pyridine rings is 1. The summed E-state index contributed by atoms with van der Waals surface area (Å²) in [6.45, 7) is 2.65. The first-order valence-corrected chi connectivity index (χ1v) is 11.1. The van der Waals surface area contributed by atoms with Gasteiger partial charge in [0.1, 0.15) is 4.90 Å². The smallest absolute Gasteiger partial charge is 0.244 e. The maximum Gasteiger partial charge on any atom is 0.244 e. The molecule has 27 heavy (non-hydrogen) atoms. The van der Waals surface area contributed by atoms with Crippen LogP contribution in [0.3, 0.4) is 0 Å². The molecular weight excluding hydrogens is 404 g/mol. The monoisotopic (exact) mass is 422 g/mol. The van der Waals surface area contributed by atoms with Crippen LogP contribution in [0.4, 0.5) is 0 Å². The maximum absolute atomic E-state index is 12.7. The van der Waals surface area contributed by atoms with Gasteiger partial charge in [0.05, 0.1) is 11.5 Å². The number of aromatic nitrogens is 4. The van der Waals surface area contributed by atoms with E-state index in [9.17, 15) is 8.42 Å². The summed E-state index contributed by atoms with van der Waals surface area (Å²) in [5.74, 6) is 0.757. The van der Waals surface area contributed by atoms with Gasteiger partial charge < -0.3 is 0 Å². The SMILES string of the molecule is O=S(=O)(c1cccnc1)N1CCN(Cn2[nH]c(-c3cccs3)nc2=S)CC1. The molecule has 8 nitrogen and oxygen atoms in total. The van der Waals surface area contributed by atoms with Crippen molar-refractivity contribution in [2.75, 3.05) is 26.2 Å². The number of rotatable bonds is 5. The van der Waals surface area contributed by atoms with Crippen molar-refractivity contribution >= 4 is 33.6 Å². The second kappa shape index (κ2) is 7.60. The van der Waals surface area contributed by atoms with E-state index < -0.39 is 10.0 Å². The van der Waals surface area contributed by atoms with Crippen LogP contribution in [0, 0.1) is 4.77 Å². The minimum atomic E-state index is -3.49. The van der Waals surface area contributed by atoms with Gasteiger partial charge in [-0.05, 0) is 35.8 Å². The highest BCUT2D eigenvalue weighted by Crippen LogP contribution is 2.21. The van der Waals surface area contributed by atoms with Crippen LogP contribution in [-0.2, 0) is 16.7 Å². The third kappa shape index (κ3) is 3.87. The number of sulfonamides is 1. The van der Waals surface area contributed by atoms with Crippen LogP contribution < -0.4 is 0 Å². The third-order valence-corrected chi connectivity index (χ3v) is 7.45. The number of aromatic amines is 1. The molecule has 1 aliphatic rings. The van der Waals surface area contributed by atoms with Crippen molar-refractivity contribution in [3.8, 4) is 10.7 Å². The summed E-state index contributed by atoms with van der Waals surface area (Å²) in [7, 11) is -3.49. The normalized spacial score (nSPS) is 16.6. The highest BCUT2D eigenvalue weighted by atomic mass is 32.2. The summed E-state index contributed by atoms with van der Waals surface area (Å²) in [6.07, 6.45) is 2.95. The van der Waals surface area contributed by atoms with Crippen molar-refractivity contribution in [2.45, 2.75) is 11.6 Å². The molecule has 11 heteroatoms. The van der Waals surface area contributed by atoms with Gasteiger partial charge in [0.2, 0.25) is 14.8 Å². The van der Waals surface area contributed by atoms with Crippen molar-refractivity contribution in [3.05, 3.63) is 46.8 Å². The van der Waals surface area contributed by atoms with Gasteiger partial charge >= 0.3 is 0 Å². The fraction of sp³-hybridized carbons (Fsp3) is 0.312. The van der Waals surface area contributed by atoms with E-state index in [0.717, 1.165) is 10.7 Å². The molecule has 0 aliphatic carbocycles. The van der Waals surface area contributed by atoms with E-state index in [0.29, 0.717) is 37.6 Å². The molecule has 1 N–H and O–H groups in total. The van der Waals surface area contributed by atoms with Gasteiger partial charge in [-0.2, -0.15) is 9.29 Å². The van der Waals surface area contributed by atoms with E-state index in [4.69, 9.17) is 12.2 Å². The quantitative estimate of drug-likeness (QED) is 0.633. The van der Waals surface area contributed by atoms with E-state index in [-0.39, 0.29) is 4.90 Å². The second-order valence-electron chi connectivity index (χ2n) is 6.11. The molecule has 0 aromatic carbocycles. The summed E-state index contributed by atoms with van der Waals surface area (Å²) in [4.78, 5) is 11.7. The lowest BCUT2D eigenvalue weighted by atomic mass is 10.4. The molecular formula is C16H18N6O2S3. The topological polar surface area (TPSA) is 87.1 Å². The predicted octanol–water partition coefficient (Wildman–Crippen LogP) is 2.03. The highest BCUT2D eigenvalue weighted by molar-refractivity contribution is 7.89. The number of hydrogen-bond acceptors (Lipinski definition) is 7. The van der Waals surface area contributed by atoms with E-state index in [1.807, 2.05) is 22.2 Å². The zero-order valence-corrected chi connectivity index (χ0v) is 16.8. The van der Waals surface area contributed by atoms with Gasteiger partial charge in [0.25, 0.3) is 0 Å². The summed E-state index contributed by atoms with van der Waals surface area (Å²) in [5, 5.41) is 5.22. The minimum absolute atomic E-state index is 0.231. The fourth-order valence-electron chi connectivity index (χ4n) is 2.94. The van der Waals surface area contributed by atoms with Crippen LogP contribution in [0.15, 0.2) is 46.9 Å². The Hall–Kier alpha value is -1.92. The van der Waals surface area contributed by atoms with Crippen molar-refractivity contribution in [1.29, 1.82) is 0 Å². The number of H-pyrrole nitrogens is 1. The molecule has 4 rings (SSSR count). The molecule has 3 aromatic heterocycles. The minimum Gasteiger partial charge on any atom is -0.282 e. The first-order valence-electron chi connectivity index (χ1n) is 8.37. The fourth-order valence-corrected chi connectivity index (χ4v) is 5.18. The summed E-state index contributed by atoms with van der Waals surface area (Å²) < 4.78 is 29.2. The number of piperazine rings is 1. The van der Waals surface area contributed by atoms with Crippen LogP contribution in [0.1, 0.15) is 0 Å². The zero-order chi connectivity index (χ0) is 18.9. The van der Waals surface area contributed by atoms with Gasteiger partial charge in [-0.25, -0.2) is 13.1 Å². The summed E-state index contributed by atoms with van der Waals surface area (Å²) in [5.41, 5.74) is 0. The van der Waals surface area contributed by atoms with Crippen LogP contribution in [0.2, 0.25) is 0 Å². The van der Waals surface area contributed by atoms with Gasteiger partial charge in [-0.15, -0.1) is 11.3 Å². The Bertz CT molecular complexity index is 1050. The Kier molecular flexibility index (Phi) is 5.19. The van der Waals surface area contributed by atoms with Gasteiger partial charge in [0.15, 0.2) is 5.82 Å². The Morgan fingerprint density at radius 3 is 2.67 bits per heavy atom. The predicted molar refractivity (Wildman–Crippen MR) is 105 cm³/mol. The lowest BCUT2D eigenvalue weighted by Crippen LogP contribution is -2.48. The summed E-state index contributed by atoms with van der Waals surface area (Å²) in [6, 6.07) is 7.17. The van der Waals surface area contributed by atoms with Crippen molar-refractivity contribution in [3.63, 3.8) is 0 Å². The lowest BCUT2D eigenvalue weighted by molar-refractivity contribution is 0.145. The Morgan fingerprint density at radius 1 is 1.19 bits per heavy atom. The standard InChI is InChI=1S/C16H18N6O2S3/c23-27(24,13-3-1-5-17-11-13)21-8-6-20(7-9-21)12-22-16(25)18-15(19-22)14-4-2-10-26-14/h1-5,10-11H,6-9,12H2,(H,18,19,25). The molecule has 4 heterocycles. The molecule has 1 saturated heterocycles. The first-order chi connectivity index (χ1) is 13.0. The highest BCUT2D eigenvalue weighted by Gasteiger charge is 2.28. The van der Waals surface area contributed by atoms with E-state index in [2.05, 4.69) is 20.0 Å². The van der Waals surface area contributed by atoms with Crippen LogP contribution in [0.25, 0.3) is 10.7 Å². The molecule has 142 valence electrons. The zero-order valence-electron chi connectivity index (χ0n) is 14.4. The Balaban J connectivity index is 1.41. The number of nitrogens with one attached hydrogen (secondary N) is 1. The van der Waals surface area contributed by atoms with Crippen LogP contribution >= 0.6 is 23.6 Å². The van der Waals surface area contributed by atoms with Crippen LogP contribution in [0.5, 0.6) is 0 Å². The van der Waals surface area contributed by atoms with E-state index in [1.165, 1.54) is 10.5 Å². The molecule has 0 saturated carbocycles. The van der Waals surface area contributed by atoms with Gasteiger partial charge in [-0.1, -0.05) is 6.07 Å². The molecule has 0 atom stereocenters. The molecule has 0 amide bonds. The maximum atomic E-state index is 12.7. The molecule has 0 unspecified atom stereocenters. The molecule has 3 aromatic rings. The molecule has 0 bridgehead atoms. The van der Waals surface area contributed by atoms with E-state index >= 15 is 0 Å². The number of thiophene rings is 1. The van der Waals surface area contributed by atoms with Crippen molar-refractivity contribution in [1.82, 2.24) is 29.0 Å². The molecule has 1 aliphatic heterocycles. The van der Waals surface area contributed by atoms with Crippen LogP contribution in [-0.4, -0.2) is 63.6 Å². The first kappa shape index (κ1) is 18.4. The third-order valence-electron chi connectivity index (χ3n) is 4.38. The second-order valence-corrected chi connectivity index (χ2v) is 9.36. The molecule has 0 radical (unpaired) electrons. The lowest BCUT2D eigenvalue weighted by Gasteiger charge is -2.33. The Morgan fingerprint density at radius 2 is 2.00 bits per heavy atom. The van der Waals surface area contributed by atoms with Gasteiger partial charge in [-0.3, -0.25) is 15.0 Å².